The van der Waals surface area contributed by atoms with E-state index in [0.717, 1.165) is 32.1 Å². The van der Waals surface area contributed by atoms with Crippen LogP contribution in [0, 0.1) is 46.3 Å². The van der Waals surface area contributed by atoms with E-state index in [0.29, 0.717) is 43.4 Å². The van der Waals surface area contributed by atoms with Crippen molar-refractivity contribution in [2.75, 3.05) is 40.1 Å². The highest BCUT2D eigenvalue weighted by molar-refractivity contribution is 5.26. The van der Waals surface area contributed by atoms with Crippen molar-refractivity contribution >= 4 is 0 Å². The SMILES string of the molecule is CO[C@]1(CC[C@@H](C)CO[C@@H]2O[C@H](CO)[C@@H](O)[C@H](O)[C@H]2O)O[C@H]2C[C@H]3[C@@H]4CC=C5C[C@@H](O[C@@H]6O[C@H](CO)[C@@H](O[C@@H]7OC[C@](O)(CO)[C@H]7O)[C@H](O)[C@H]6O[C@@H]6O[C@@H](C)[C@H](O)[C@@H](O)[C@H]6O)CC[C@]5(C)[C@H]4CC[C@]3(C)[C@H]2[C@@H]1C. The third-order valence-corrected chi connectivity index (χ3v) is 19.5. The predicted molar refractivity (Wildman–Crippen MR) is 249 cm³/mol. The summed E-state index contributed by atoms with van der Waals surface area (Å²) in [6.45, 7) is 8.30. The fourth-order valence-electron chi connectivity index (χ4n) is 15.0. The van der Waals surface area contributed by atoms with Gasteiger partial charge in [0.1, 0.15) is 78.8 Å². The minimum absolute atomic E-state index is 0.00536. The van der Waals surface area contributed by atoms with Crippen molar-refractivity contribution < 1.29 is 109 Å². The van der Waals surface area contributed by atoms with Crippen LogP contribution in [0.15, 0.2) is 11.6 Å². The summed E-state index contributed by atoms with van der Waals surface area (Å²) in [6.07, 6.45) is -15.3. The zero-order valence-corrected chi connectivity index (χ0v) is 42.9. The number of rotatable bonds is 16. The van der Waals surface area contributed by atoms with Gasteiger partial charge in [0.2, 0.25) is 0 Å². The molecule has 22 nitrogen and oxygen atoms in total. The molecule has 8 fully saturated rings. The smallest absolute Gasteiger partial charge is 0.187 e. The van der Waals surface area contributed by atoms with Gasteiger partial charge in [0.05, 0.1) is 51.3 Å². The number of hydrogen-bond donors (Lipinski definition) is 12. The molecule has 4 aliphatic carbocycles. The first-order valence-corrected chi connectivity index (χ1v) is 26.7. The molecule has 73 heavy (non-hydrogen) atoms. The maximum atomic E-state index is 12.0. The van der Waals surface area contributed by atoms with Crippen molar-refractivity contribution in [3.63, 3.8) is 0 Å². The van der Waals surface area contributed by atoms with Gasteiger partial charge >= 0.3 is 0 Å². The highest BCUT2D eigenvalue weighted by atomic mass is 16.8. The zero-order chi connectivity index (χ0) is 52.7. The predicted octanol–water partition coefficient (Wildman–Crippen LogP) is -1.71. The molecule has 5 heterocycles. The van der Waals surface area contributed by atoms with E-state index in [1.54, 1.807) is 7.11 Å². The second kappa shape index (κ2) is 21.8. The van der Waals surface area contributed by atoms with Crippen LogP contribution in [0.4, 0.5) is 0 Å². The molecule has 9 rings (SSSR count). The monoisotopic (exact) mass is 1050 g/mol. The first-order valence-electron chi connectivity index (χ1n) is 26.7. The minimum Gasteiger partial charge on any atom is -0.394 e. The average Bonchev–Trinajstić information content (AvgIpc) is 3.95. The Balaban J connectivity index is 0.851. The number of aliphatic hydroxyl groups is 12. The van der Waals surface area contributed by atoms with Gasteiger partial charge in [-0.25, -0.2) is 0 Å². The van der Waals surface area contributed by atoms with Crippen molar-refractivity contribution in [3.05, 3.63) is 11.6 Å². The lowest BCUT2D eigenvalue weighted by Gasteiger charge is -2.58. The van der Waals surface area contributed by atoms with Gasteiger partial charge in [-0.2, -0.15) is 0 Å². The van der Waals surface area contributed by atoms with E-state index in [2.05, 4.69) is 26.8 Å². The van der Waals surface area contributed by atoms with Gasteiger partial charge in [-0.15, -0.1) is 0 Å². The standard InChI is InChI=1S/C51H84O22/c1-22(19-65-44-38(59)37(58)35(56)31(17-52)69-44)9-14-51(64-6)23(2)33-30(73-51)16-29-27-8-7-25-15-26(10-12-48(25,4)28(27)11-13-49(29,33)5)68-46-42(72-45-39(60)36(57)34(55)24(3)67-45)40(61)41(32(18-53)70-46)71-47-43(62)50(63,20-54)21-66-47/h7,22-24,26-47,52-63H,8-21H2,1-6H3/t22-,23+,24+,26+,27-,28+,29+,30+,31-,32-,33+,34+,35-,36-,37+,38-,39-,40+,41-,42-,43+,44-,45+,46-,47+,48+,49+,50-,51-/m1/s1. The van der Waals surface area contributed by atoms with Crippen LogP contribution in [0.3, 0.4) is 0 Å². The molecular formula is C51H84O22. The zero-order valence-electron chi connectivity index (χ0n) is 42.9. The molecule has 3 saturated carbocycles. The molecule has 29 atom stereocenters. The molecule has 0 bridgehead atoms. The van der Waals surface area contributed by atoms with Crippen LogP contribution in [-0.2, 0) is 47.4 Å². The lowest BCUT2D eigenvalue weighted by atomic mass is 9.47. The van der Waals surface area contributed by atoms with Crippen molar-refractivity contribution in [2.24, 2.45) is 46.3 Å². The third-order valence-electron chi connectivity index (χ3n) is 19.5. The second-order valence-electron chi connectivity index (χ2n) is 23.7. The summed E-state index contributed by atoms with van der Waals surface area (Å²) in [5.41, 5.74) is -0.844. The van der Waals surface area contributed by atoms with Crippen molar-refractivity contribution in [1.29, 1.82) is 0 Å². The summed E-state index contributed by atoms with van der Waals surface area (Å²) in [7, 11) is 1.72. The van der Waals surface area contributed by atoms with Crippen LogP contribution in [0.2, 0.25) is 0 Å². The van der Waals surface area contributed by atoms with Gasteiger partial charge < -0.3 is 109 Å². The molecule has 22 heteroatoms. The van der Waals surface area contributed by atoms with Crippen molar-refractivity contribution in [1.82, 2.24) is 0 Å². The van der Waals surface area contributed by atoms with E-state index in [9.17, 15) is 61.3 Å². The average molecular weight is 1050 g/mol. The molecule has 9 aliphatic rings. The number of hydrogen-bond acceptors (Lipinski definition) is 22. The molecule has 0 aromatic rings. The molecule has 0 unspecified atom stereocenters. The van der Waals surface area contributed by atoms with Crippen LogP contribution in [0.25, 0.3) is 0 Å². The number of allylic oxidation sites excluding steroid dienone is 1. The van der Waals surface area contributed by atoms with E-state index < -0.39 is 148 Å². The minimum atomic E-state index is -2.04. The van der Waals surface area contributed by atoms with Gasteiger partial charge in [0.25, 0.3) is 0 Å². The first kappa shape index (κ1) is 56.6. The quantitative estimate of drug-likeness (QED) is 0.0766. The first-order chi connectivity index (χ1) is 34.6. The molecular weight excluding hydrogens is 965 g/mol. The van der Waals surface area contributed by atoms with Crippen LogP contribution >= 0.6 is 0 Å². The number of aliphatic hydroxyl groups excluding tert-OH is 11. The van der Waals surface area contributed by atoms with Crippen LogP contribution < -0.4 is 0 Å². The van der Waals surface area contributed by atoms with E-state index in [-0.39, 0.29) is 41.3 Å². The van der Waals surface area contributed by atoms with E-state index in [4.69, 9.17) is 47.4 Å². The molecule has 0 aromatic carbocycles. The maximum absolute atomic E-state index is 12.0. The van der Waals surface area contributed by atoms with E-state index >= 15 is 0 Å². The Kier molecular flexibility index (Phi) is 16.9. The highest BCUT2D eigenvalue weighted by Gasteiger charge is 2.68. The molecule has 420 valence electrons. The third kappa shape index (κ3) is 9.94. The fourth-order valence-corrected chi connectivity index (χ4v) is 15.0. The maximum Gasteiger partial charge on any atom is 0.187 e. The highest BCUT2D eigenvalue weighted by Crippen LogP contribution is 2.70. The molecule has 5 saturated heterocycles. The fraction of sp³-hybridized carbons (Fsp3) is 0.961. The van der Waals surface area contributed by atoms with E-state index in [1.807, 2.05) is 6.92 Å². The molecule has 0 radical (unpaired) electrons. The number of ether oxygens (including phenoxy) is 10. The normalized spacial score (nSPS) is 54.3. The summed E-state index contributed by atoms with van der Waals surface area (Å²) in [5, 5.41) is 126. The summed E-state index contributed by atoms with van der Waals surface area (Å²) >= 11 is 0. The van der Waals surface area contributed by atoms with Gasteiger partial charge in [0.15, 0.2) is 30.9 Å². The summed E-state index contributed by atoms with van der Waals surface area (Å²) in [5.74, 6) is 0.893. The Morgan fingerprint density at radius 3 is 2.11 bits per heavy atom. The van der Waals surface area contributed by atoms with E-state index in [1.165, 1.54) is 12.5 Å². The molecule has 0 spiro atoms. The van der Waals surface area contributed by atoms with Gasteiger partial charge in [-0.1, -0.05) is 39.3 Å². The molecule has 12 N–H and O–H groups in total. The molecule has 0 aromatic heterocycles. The Morgan fingerprint density at radius 1 is 0.740 bits per heavy atom. The Morgan fingerprint density at radius 2 is 1.42 bits per heavy atom. The lowest BCUT2D eigenvalue weighted by Crippen LogP contribution is -2.65. The van der Waals surface area contributed by atoms with Crippen molar-refractivity contribution in [2.45, 2.75) is 221 Å². The van der Waals surface area contributed by atoms with Crippen LogP contribution in [-0.4, -0.2) is 230 Å². The number of methoxy groups -OCH3 is 1. The van der Waals surface area contributed by atoms with Gasteiger partial charge in [-0.05, 0) is 98.7 Å². The largest absolute Gasteiger partial charge is 0.394 e. The molecule has 5 aliphatic heterocycles. The lowest BCUT2D eigenvalue weighted by molar-refractivity contribution is -0.379. The number of fused-ring (bicyclic) bond motifs is 7. The van der Waals surface area contributed by atoms with Crippen LogP contribution in [0.5, 0.6) is 0 Å². The summed E-state index contributed by atoms with van der Waals surface area (Å²) in [6, 6.07) is 0. The Labute approximate surface area is 426 Å². The van der Waals surface area contributed by atoms with Crippen molar-refractivity contribution in [3.8, 4) is 0 Å². The van der Waals surface area contributed by atoms with Gasteiger partial charge in [-0.3, -0.25) is 0 Å². The second-order valence-corrected chi connectivity index (χ2v) is 23.7. The van der Waals surface area contributed by atoms with Crippen LogP contribution in [0.1, 0.15) is 92.4 Å². The topological polar surface area (TPSA) is 335 Å². The van der Waals surface area contributed by atoms with Gasteiger partial charge in [0, 0.05) is 19.4 Å². The Bertz CT molecular complexity index is 1900. The molecule has 0 amide bonds. The summed E-state index contributed by atoms with van der Waals surface area (Å²) < 4.78 is 61.1. The summed E-state index contributed by atoms with van der Waals surface area (Å²) in [4.78, 5) is 0. The Hall–Kier alpha value is -1.14.